The van der Waals surface area contributed by atoms with Gasteiger partial charge in [0.15, 0.2) is 0 Å². The summed E-state index contributed by atoms with van der Waals surface area (Å²) in [7, 11) is 0. The number of rotatable bonds is 3. The molecule has 1 amide bonds. The Balaban J connectivity index is 2.08. The maximum Gasteiger partial charge on any atom is 0.418 e. The average Bonchev–Trinajstić information content (AvgIpc) is 2.26. The first-order valence-electron chi connectivity index (χ1n) is 6.05. The lowest BCUT2D eigenvalue weighted by Crippen LogP contribution is -2.49. The van der Waals surface area contributed by atoms with Crippen molar-refractivity contribution in [3.63, 3.8) is 0 Å². The van der Waals surface area contributed by atoms with Crippen LogP contribution in [0.5, 0.6) is 0 Å². The third kappa shape index (κ3) is 3.26. The summed E-state index contributed by atoms with van der Waals surface area (Å²) in [6, 6.07) is 4.92. The monoisotopic (exact) mass is 272 g/mol. The van der Waals surface area contributed by atoms with Crippen LogP contribution in [-0.4, -0.2) is 11.4 Å². The number of hydrogen-bond donors (Lipinski definition) is 2. The predicted octanol–water partition coefficient (Wildman–Crippen LogP) is 2.92. The van der Waals surface area contributed by atoms with Gasteiger partial charge in [0, 0.05) is 12.0 Å². The van der Waals surface area contributed by atoms with Gasteiger partial charge in [0.1, 0.15) is 0 Å². The number of anilines is 1. The number of nitrogens with one attached hydrogen (secondary N) is 1. The van der Waals surface area contributed by atoms with Gasteiger partial charge in [0.2, 0.25) is 5.91 Å². The number of alkyl halides is 3. The fourth-order valence-corrected chi connectivity index (χ4v) is 2.16. The largest absolute Gasteiger partial charge is 0.418 e. The number of carbonyl (C=O) groups excluding carboxylic acids is 1. The van der Waals surface area contributed by atoms with Crippen molar-refractivity contribution in [2.75, 3.05) is 5.32 Å². The van der Waals surface area contributed by atoms with Crippen molar-refractivity contribution in [3.8, 4) is 0 Å². The minimum Gasteiger partial charge on any atom is -0.325 e. The van der Waals surface area contributed by atoms with E-state index in [0.29, 0.717) is 0 Å². The van der Waals surface area contributed by atoms with Crippen LogP contribution in [0.1, 0.15) is 31.2 Å². The summed E-state index contributed by atoms with van der Waals surface area (Å²) in [6.45, 7) is 0. The molecule has 1 aromatic rings. The Hall–Kier alpha value is -1.56. The van der Waals surface area contributed by atoms with E-state index in [-0.39, 0.29) is 12.1 Å². The Labute approximate surface area is 109 Å². The molecule has 6 heteroatoms. The molecule has 19 heavy (non-hydrogen) atoms. The summed E-state index contributed by atoms with van der Waals surface area (Å²) in [4.78, 5) is 11.7. The molecule has 1 aromatic carbocycles. The van der Waals surface area contributed by atoms with Crippen molar-refractivity contribution in [2.24, 2.45) is 5.73 Å². The number of carbonyl (C=O) groups is 1. The van der Waals surface area contributed by atoms with E-state index in [1.807, 2.05) is 0 Å². The quantitative estimate of drug-likeness (QED) is 0.889. The van der Waals surface area contributed by atoms with Gasteiger partial charge in [0.25, 0.3) is 0 Å². The van der Waals surface area contributed by atoms with Crippen LogP contribution in [0.25, 0.3) is 0 Å². The van der Waals surface area contributed by atoms with Crippen molar-refractivity contribution in [1.29, 1.82) is 0 Å². The third-order valence-electron chi connectivity index (χ3n) is 3.37. The molecule has 0 spiro atoms. The van der Waals surface area contributed by atoms with Crippen molar-refractivity contribution in [3.05, 3.63) is 29.8 Å². The Bertz CT molecular complexity index is 481. The molecular formula is C13H15F3N2O. The van der Waals surface area contributed by atoms with E-state index in [2.05, 4.69) is 5.32 Å². The Morgan fingerprint density at radius 3 is 2.47 bits per heavy atom. The minimum absolute atomic E-state index is 0.0548. The fourth-order valence-electron chi connectivity index (χ4n) is 2.16. The highest BCUT2D eigenvalue weighted by Crippen LogP contribution is 2.36. The summed E-state index contributed by atoms with van der Waals surface area (Å²) in [5, 5.41) is 2.30. The van der Waals surface area contributed by atoms with Crippen molar-refractivity contribution in [2.45, 2.75) is 37.4 Å². The number of amides is 1. The molecule has 3 nitrogen and oxygen atoms in total. The zero-order chi connectivity index (χ0) is 14.1. The van der Waals surface area contributed by atoms with Gasteiger partial charge in [-0.1, -0.05) is 12.1 Å². The highest BCUT2D eigenvalue weighted by atomic mass is 19.4. The van der Waals surface area contributed by atoms with Crippen LogP contribution in [0.15, 0.2) is 24.3 Å². The van der Waals surface area contributed by atoms with Gasteiger partial charge in [-0.3, -0.25) is 4.79 Å². The van der Waals surface area contributed by atoms with Gasteiger partial charge < -0.3 is 11.1 Å². The highest BCUT2D eigenvalue weighted by Gasteiger charge is 2.36. The van der Waals surface area contributed by atoms with E-state index in [1.54, 1.807) is 0 Å². The highest BCUT2D eigenvalue weighted by molar-refractivity contribution is 5.92. The standard InChI is InChI=1S/C13H15F3N2O/c14-13(15,16)9-4-1-2-5-10(9)18-11(19)8-12(17)6-3-7-12/h1-2,4-5H,3,6-8,17H2,(H,18,19). The van der Waals surface area contributed by atoms with Gasteiger partial charge in [-0.15, -0.1) is 0 Å². The van der Waals surface area contributed by atoms with E-state index >= 15 is 0 Å². The molecule has 1 aliphatic rings. The molecule has 0 atom stereocenters. The Morgan fingerprint density at radius 1 is 1.32 bits per heavy atom. The Kier molecular flexibility index (Phi) is 3.54. The van der Waals surface area contributed by atoms with Crippen molar-refractivity contribution >= 4 is 11.6 Å². The zero-order valence-electron chi connectivity index (χ0n) is 10.3. The van der Waals surface area contributed by atoms with Gasteiger partial charge >= 0.3 is 6.18 Å². The van der Waals surface area contributed by atoms with Gasteiger partial charge in [-0.05, 0) is 31.4 Å². The minimum atomic E-state index is -4.49. The van der Waals surface area contributed by atoms with Crippen LogP contribution in [-0.2, 0) is 11.0 Å². The molecule has 1 aliphatic carbocycles. The number of nitrogens with two attached hydrogens (primary N) is 1. The lowest BCUT2D eigenvalue weighted by Gasteiger charge is -2.37. The topological polar surface area (TPSA) is 55.1 Å². The normalized spacial score (nSPS) is 17.7. The van der Waals surface area contributed by atoms with Crippen LogP contribution in [0.3, 0.4) is 0 Å². The van der Waals surface area contributed by atoms with Crippen LogP contribution in [0, 0.1) is 0 Å². The first kappa shape index (κ1) is 13.9. The first-order chi connectivity index (χ1) is 8.80. The molecule has 0 saturated heterocycles. The molecule has 0 radical (unpaired) electrons. The maximum atomic E-state index is 12.7. The van der Waals surface area contributed by atoms with Gasteiger partial charge in [0.05, 0.1) is 11.3 Å². The average molecular weight is 272 g/mol. The van der Waals surface area contributed by atoms with Crippen LogP contribution < -0.4 is 11.1 Å². The first-order valence-corrected chi connectivity index (χ1v) is 6.05. The van der Waals surface area contributed by atoms with E-state index in [1.165, 1.54) is 18.2 Å². The maximum absolute atomic E-state index is 12.7. The second-order valence-corrected chi connectivity index (χ2v) is 4.98. The number of halogens is 3. The lowest BCUT2D eigenvalue weighted by atomic mass is 9.75. The predicted molar refractivity (Wildman–Crippen MR) is 65.5 cm³/mol. The van der Waals surface area contributed by atoms with Crippen molar-refractivity contribution in [1.82, 2.24) is 0 Å². The smallest absolute Gasteiger partial charge is 0.325 e. The SMILES string of the molecule is NC1(CC(=O)Nc2ccccc2C(F)(F)F)CCC1. The van der Waals surface area contributed by atoms with E-state index in [9.17, 15) is 18.0 Å². The van der Waals surface area contributed by atoms with Crippen LogP contribution in [0.2, 0.25) is 0 Å². The van der Waals surface area contributed by atoms with Crippen LogP contribution in [0.4, 0.5) is 18.9 Å². The molecule has 0 aromatic heterocycles. The number of para-hydroxylation sites is 1. The van der Waals surface area contributed by atoms with Crippen LogP contribution >= 0.6 is 0 Å². The molecule has 2 rings (SSSR count). The molecule has 0 unspecified atom stereocenters. The summed E-state index contributed by atoms with van der Waals surface area (Å²) >= 11 is 0. The Morgan fingerprint density at radius 2 is 1.95 bits per heavy atom. The lowest BCUT2D eigenvalue weighted by molar-refractivity contribution is -0.137. The second-order valence-electron chi connectivity index (χ2n) is 4.98. The van der Waals surface area contributed by atoms with E-state index in [4.69, 9.17) is 5.73 Å². The second kappa shape index (κ2) is 4.85. The third-order valence-corrected chi connectivity index (χ3v) is 3.37. The molecule has 0 heterocycles. The van der Waals surface area contributed by atoms with Crippen molar-refractivity contribution < 1.29 is 18.0 Å². The number of benzene rings is 1. The molecule has 0 bridgehead atoms. The molecule has 1 fully saturated rings. The summed E-state index contributed by atoms with van der Waals surface area (Å²) < 4.78 is 38.2. The summed E-state index contributed by atoms with van der Waals surface area (Å²) in [5.74, 6) is -0.473. The zero-order valence-corrected chi connectivity index (χ0v) is 10.3. The summed E-state index contributed by atoms with van der Waals surface area (Å²) in [6.07, 6.45) is -1.99. The van der Waals surface area contributed by atoms with Gasteiger partial charge in [-0.25, -0.2) is 0 Å². The molecule has 1 saturated carbocycles. The van der Waals surface area contributed by atoms with E-state index < -0.39 is 23.2 Å². The molecule has 0 aliphatic heterocycles. The van der Waals surface area contributed by atoms with E-state index in [0.717, 1.165) is 25.3 Å². The summed E-state index contributed by atoms with van der Waals surface area (Å²) in [5.41, 5.74) is 4.29. The molecule has 104 valence electrons. The molecule has 3 N–H and O–H groups in total. The fraction of sp³-hybridized carbons (Fsp3) is 0.462. The van der Waals surface area contributed by atoms with Gasteiger partial charge in [-0.2, -0.15) is 13.2 Å². The number of hydrogen-bond acceptors (Lipinski definition) is 2. The molecular weight excluding hydrogens is 257 g/mol.